The van der Waals surface area contributed by atoms with Crippen molar-refractivity contribution in [3.05, 3.63) is 35.4 Å². The van der Waals surface area contributed by atoms with Gasteiger partial charge < -0.3 is 15.2 Å². The first-order valence-corrected chi connectivity index (χ1v) is 8.01. The van der Waals surface area contributed by atoms with Crippen molar-refractivity contribution in [2.45, 2.75) is 25.3 Å². The average Bonchev–Trinajstić information content (AvgIpc) is 2.61. The molecule has 0 amide bonds. The summed E-state index contributed by atoms with van der Waals surface area (Å²) in [4.78, 5) is 0. The number of benzene rings is 1. The monoisotopic (exact) mass is 285 g/mol. The van der Waals surface area contributed by atoms with E-state index in [0.717, 1.165) is 11.1 Å². The molecule has 0 aromatic heterocycles. The van der Waals surface area contributed by atoms with E-state index in [0.29, 0.717) is 13.2 Å². The van der Waals surface area contributed by atoms with Gasteiger partial charge in [-0.2, -0.15) is 0 Å². The molecule has 6 heteroatoms. The van der Waals surface area contributed by atoms with E-state index in [4.69, 9.17) is 4.74 Å². The number of rotatable bonds is 5. The topological polar surface area (TPSA) is 75.6 Å². The minimum atomic E-state index is -3.11. The molecular formula is C13H19NO4S. The zero-order valence-electron chi connectivity index (χ0n) is 10.9. The van der Waals surface area contributed by atoms with E-state index in [1.54, 1.807) is 7.11 Å². The molecule has 1 saturated heterocycles. The predicted octanol–water partition coefficient (Wildman–Crippen LogP) is 0.0805. The molecule has 1 aromatic carbocycles. The van der Waals surface area contributed by atoms with Crippen LogP contribution in [0.1, 0.15) is 11.1 Å². The number of ether oxygens (including phenoxy) is 1. The van der Waals surface area contributed by atoms with Gasteiger partial charge in [0.2, 0.25) is 0 Å². The molecule has 19 heavy (non-hydrogen) atoms. The van der Waals surface area contributed by atoms with Crippen LogP contribution >= 0.6 is 0 Å². The lowest BCUT2D eigenvalue weighted by atomic mass is 10.1. The van der Waals surface area contributed by atoms with Gasteiger partial charge in [-0.3, -0.25) is 0 Å². The summed E-state index contributed by atoms with van der Waals surface area (Å²) in [6.07, 6.45) is -0.820. The van der Waals surface area contributed by atoms with Crippen molar-refractivity contribution in [1.29, 1.82) is 0 Å². The summed E-state index contributed by atoms with van der Waals surface area (Å²) in [6.45, 7) is 1.04. The van der Waals surface area contributed by atoms with Gasteiger partial charge in [-0.25, -0.2) is 8.42 Å². The first kappa shape index (κ1) is 14.5. The van der Waals surface area contributed by atoms with Gasteiger partial charge in [0.1, 0.15) is 0 Å². The van der Waals surface area contributed by atoms with E-state index >= 15 is 0 Å². The van der Waals surface area contributed by atoms with Gasteiger partial charge in [0, 0.05) is 19.7 Å². The fraction of sp³-hybridized carbons (Fsp3) is 0.538. The minimum absolute atomic E-state index is 0.000606. The molecule has 2 rings (SSSR count). The zero-order valence-corrected chi connectivity index (χ0v) is 11.7. The largest absolute Gasteiger partial charge is 0.390 e. The molecule has 1 aliphatic rings. The summed E-state index contributed by atoms with van der Waals surface area (Å²) in [5.74, 6) is -0.148. The van der Waals surface area contributed by atoms with Crippen molar-refractivity contribution in [3.63, 3.8) is 0 Å². The van der Waals surface area contributed by atoms with E-state index in [1.807, 2.05) is 24.3 Å². The molecule has 1 heterocycles. The number of methoxy groups -OCH3 is 1. The van der Waals surface area contributed by atoms with E-state index in [1.165, 1.54) is 0 Å². The third kappa shape index (κ3) is 3.76. The van der Waals surface area contributed by atoms with Gasteiger partial charge in [0.25, 0.3) is 0 Å². The second kappa shape index (κ2) is 6.00. The molecule has 2 unspecified atom stereocenters. The second-order valence-electron chi connectivity index (χ2n) is 4.83. The highest BCUT2D eigenvalue weighted by Gasteiger charge is 2.35. The maximum absolute atomic E-state index is 11.4. The molecule has 0 spiro atoms. The van der Waals surface area contributed by atoms with Crippen molar-refractivity contribution >= 4 is 9.84 Å². The number of hydrogen-bond acceptors (Lipinski definition) is 5. The van der Waals surface area contributed by atoms with Crippen LogP contribution in [0.15, 0.2) is 24.3 Å². The Balaban J connectivity index is 1.99. The Hall–Kier alpha value is -0.950. The molecule has 106 valence electrons. The fourth-order valence-electron chi connectivity index (χ4n) is 2.29. The summed E-state index contributed by atoms with van der Waals surface area (Å²) < 4.78 is 27.9. The van der Waals surface area contributed by atoms with Gasteiger partial charge in [0.15, 0.2) is 9.84 Å². The molecular weight excluding hydrogens is 266 g/mol. The van der Waals surface area contributed by atoms with Gasteiger partial charge in [-0.15, -0.1) is 0 Å². The number of sulfone groups is 1. The van der Waals surface area contributed by atoms with Crippen LogP contribution in [0.2, 0.25) is 0 Å². The smallest absolute Gasteiger partial charge is 0.154 e. The van der Waals surface area contributed by atoms with E-state index in [2.05, 4.69) is 5.32 Å². The normalized spacial score (nSPS) is 25.6. The van der Waals surface area contributed by atoms with Crippen LogP contribution in [0.25, 0.3) is 0 Å². The maximum atomic E-state index is 11.4. The molecule has 0 aliphatic carbocycles. The number of aliphatic hydroxyl groups is 1. The molecule has 0 saturated carbocycles. The molecule has 2 atom stereocenters. The Kier molecular flexibility index (Phi) is 4.57. The lowest BCUT2D eigenvalue weighted by Crippen LogP contribution is -2.38. The number of aliphatic hydroxyl groups excluding tert-OH is 1. The Morgan fingerprint density at radius 1 is 1.32 bits per heavy atom. The Bertz CT molecular complexity index is 529. The molecule has 5 nitrogen and oxygen atoms in total. The number of hydrogen-bond donors (Lipinski definition) is 2. The van der Waals surface area contributed by atoms with Gasteiger partial charge >= 0.3 is 0 Å². The lowest BCUT2D eigenvalue weighted by Gasteiger charge is -2.16. The third-order valence-electron chi connectivity index (χ3n) is 3.30. The van der Waals surface area contributed by atoms with E-state index < -0.39 is 15.9 Å². The Labute approximate surface area is 113 Å². The third-order valence-corrected chi connectivity index (χ3v) is 5.01. The highest BCUT2D eigenvalue weighted by Crippen LogP contribution is 2.15. The highest BCUT2D eigenvalue weighted by atomic mass is 32.2. The highest BCUT2D eigenvalue weighted by molar-refractivity contribution is 7.91. The van der Waals surface area contributed by atoms with Gasteiger partial charge in [-0.1, -0.05) is 24.3 Å². The van der Waals surface area contributed by atoms with Crippen LogP contribution in [-0.2, 0) is 27.7 Å². The Morgan fingerprint density at radius 2 is 2.00 bits per heavy atom. The molecule has 1 aliphatic heterocycles. The number of nitrogens with one attached hydrogen (secondary N) is 1. The van der Waals surface area contributed by atoms with Crippen LogP contribution in [0, 0.1) is 0 Å². The van der Waals surface area contributed by atoms with E-state index in [-0.39, 0.29) is 17.5 Å². The van der Waals surface area contributed by atoms with Gasteiger partial charge in [0.05, 0.1) is 24.2 Å². The van der Waals surface area contributed by atoms with Crippen molar-refractivity contribution in [3.8, 4) is 0 Å². The van der Waals surface area contributed by atoms with Crippen molar-refractivity contribution in [2.24, 2.45) is 0 Å². The van der Waals surface area contributed by atoms with Crippen LogP contribution in [-0.4, -0.2) is 44.3 Å². The lowest BCUT2D eigenvalue weighted by molar-refractivity contribution is 0.164. The van der Waals surface area contributed by atoms with Crippen molar-refractivity contribution in [2.75, 3.05) is 18.6 Å². The van der Waals surface area contributed by atoms with Crippen LogP contribution in [0.5, 0.6) is 0 Å². The molecule has 0 bridgehead atoms. The van der Waals surface area contributed by atoms with Crippen molar-refractivity contribution < 1.29 is 18.3 Å². The zero-order chi connectivity index (χ0) is 13.9. The van der Waals surface area contributed by atoms with Crippen LogP contribution < -0.4 is 5.32 Å². The maximum Gasteiger partial charge on any atom is 0.154 e. The van der Waals surface area contributed by atoms with E-state index in [9.17, 15) is 13.5 Å². The first-order chi connectivity index (χ1) is 9.02. The minimum Gasteiger partial charge on any atom is -0.390 e. The summed E-state index contributed by atoms with van der Waals surface area (Å²) in [7, 11) is -1.47. The molecule has 1 aromatic rings. The SMILES string of the molecule is COCc1ccccc1CNC1CS(=O)(=O)CC1O. The quantitative estimate of drug-likeness (QED) is 0.801. The van der Waals surface area contributed by atoms with Gasteiger partial charge in [-0.05, 0) is 11.1 Å². The summed E-state index contributed by atoms with van der Waals surface area (Å²) in [5.41, 5.74) is 2.12. The fourth-order valence-corrected chi connectivity index (χ4v) is 4.07. The second-order valence-corrected chi connectivity index (χ2v) is 6.99. The first-order valence-electron chi connectivity index (χ1n) is 6.19. The standard InChI is InChI=1S/C13H19NO4S/c1-18-7-11-5-3-2-4-10(11)6-14-12-8-19(16,17)9-13(12)15/h2-5,12-15H,6-9H2,1H3. The van der Waals surface area contributed by atoms with Crippen LogP contribution in [0.3, 0.4) is 0 Å². The Morgan fingerprint density at radius 3 is 2.58 bits per heavy atom. The van der Waals surface area contributed by atoms with Crippen molar-refractivity contribution in [1.82, 2.24) is 5.32 Å². The summed E-state index contributed by atoms with van der Waals surface area (Å²) in [6, 6.07) is 7.42. The summed E-state index contributed by atoms with van der Waals surface area (Å²) >= 11 is 0. The summed E-state index contributed by atoms with van der Waals surface area (Å²) in [5, 5.41) is 12.8. The van der Waals surface area contributed by atoms with Crippen LogP contribution in [0.4, 0.5) is 0 Å². The molecule has 2 N–H and O–H groups in total. The molecule has 0 radical (unpaired) electrons. The predicted molar refractivity (Wildman–Crippen MR) is 72.4 cm³/mol. The molecule has 1 fully saturated rings. The average molecular weight is 285 g/mol.